The molecule has 0 amide bonds. The van der Waals surface area contributed by atoms with Gasteiger partial charge in [0.05, 0.1) is 12.2 Å². The first-order valence-corrected chi connectivity index (χ1v) is 6.70. The molecule has 98 valence electrons. The van der Waals surface area contributed by atoms with Crippen LogP contribution >= 0.6 is 8.54 Å². The third-order valence-corrected chi connectivity index (χ3v) is 5.20. The summed E-state index contributed by atoms with van der Waals surface area (Å²) in [7, 11) is -3.27. The monoisotopic (exact) mass is 268 g/mol. The Balaban J connectivity index is 2.26. The number of ether oxygens (including phenoxy) is 2. The van der Waals surface area contributed by atoms with Gasteiger partial charge in [-0.1, -0.05) is 6.92 Å². The van der Waals surface area contributed by atoms with E-state index in [1.54, 1.807) is 6.92 Å². The second kappa shape index (κ2) is 4.41. The van der Waals surface area contributed by atoms with Gasteiger partial charge >= 0.3 is 5.97 Å². The smallest absolute Gasteiger partial charge is 0.337 e. The fourth-order valence-electron chi connectivity index (χ4n) is 2.33. The van der Waals surface area contributed by atoms with Crippen LogP contribution in [0.3, 0.4) is 0 Å². The van der Waals surface area contributed by atoms with Crippen LogP contribution < -0.4 is 0 Å². The van der Waals surface area contributed by atoms with Crippen molar-refractivity contribution < 1.29 is 27.8 Å². The first kappa shape index (κ1) is 13.1. The van der Waals surface area contributed by atoms with Crippen LogP contribution in [0.2, 0.25) is 0 Å². The predicted octanol–water partition coefficient (Wildman–Crippen LogP) is 1.85. The van der Waals surface area contributed by atoms with Crippen LogP contribution in [0.4, 0.5) is 8.39 Å². The summed E-state index contributed by atoms with van der Waals surface area (Å²) < 4.78 is 37.0. The number of carbonyl (C=O) groups excluding carboxylic acids is 1. The van der Waals surface area contributed by atoms with E-state index in [4.69, 9.17) is 9.47 Å². The van der Waals surface area contributed by atoms with Crippen LogP contribution in [0.25, 0.3) is 0 Å². The van der Waals surface area contributed by atoms with Gasteiger partial charge in [0.1, 0.15) is 11.8 Å². The molecule has 1 saturated carbocycles. The first-order chi connectivity index (χ1) is 7.97. The molecule has 1 spiro atoms. The fourth-order valence-corrected chi connectivity index (χ4v) is 3.33. The number of hydrogen-bond acceptors (Lipinski definition) is 4. The molecule has 1 saturated heterocycles. The lowest BCUT2D eigenvalue weighted by atomic mass is 9.96. The summed E-state index contributed by atoms with van der Waals surface area (Å²) in [5.74, 6) is -0.879. The van der Waals surface area contributed by atoms with Gasteiger partial charge in [-0.15, -0.1) is 0 Å². The summed E-state index contributed by atoms with van der Waals surface area (Å²) in [6, 6.07) is 0. The van der Waals surface area contributed by atoms with Crippen molar-refractivity contribution in [3.05, 3.63) is 0 Å². The third-order valence-electron chi connectivity index (χ3n) is 3.70. The Morgan fingerprint density at radius 1 is 1.53 bits per heavy atom. The van der Waals surface area contributed by atoms with Crippen LogP contribution in [0.15, 0.2) is 0 Å². The minimum atomic E-state index is -3.27. The number of aliphatic hydroxyl groups excluding tert-OH is 1. The summed E-state index contributed by atoms with van der Waals surface area (Å²) in [6.07, 6.45) is -0.0854. The van der Waals surface area contributed by atoms with Crippen LogP contribution in [-0.2, 0) is 14.3 Å². The minimum Gasteiger partial charge on any atom is -0.462 e. The molecule has 2 aliphatic rings. The van der Waals surface area contributed by atoms with Gasteiger partial charge in [-0.05, 0) is 19.3 Å². The zero-order chi connectivity index (χ0) is 12.7. The average Bonchev–Trinajstić information content (AvgIpc) is 3.07. The summed E-state index contributed by atoms with van der Waals surface area (Å²) in [4.78, 5) is 11.2. The predicted molar refractivity (Wildman–Crippen MR) is 57.0 cm³/mol. The van der Waals surface area contributed by atoms with Crippen molar-refractivity contribution in [3.8, 4) is 0 Å². The van der Waals surface area contributed by atoms with E-state index in [1.807, 2.05) is 0 Å². The Labute approximate surface area is 99.3 Å². The van der Waals surface area contributed by atoms with Gasteiger partial charge in [-0.25, -0.2) is 4.79 Å². The summed E-state index contributed by atoms with van der Waals surface area (Å²) in [5.41, 5.74) is -0.904. The molecule has 0 aromatic rings. The second-order valence-electron chi connectivity index (χ2n) is 4.55. The van der Waals surface area contributed by atoms with E-state index in [1.165, 1.54) is 0 Å². The quantitative estimate of drug-likeness (QED) is 0.613. The summed E-state index contributed by atoms with van der Waals surface area (Å²) >= 11 is 0. The largest absolute Gasteiger partial charge is 0.462 e. The average molecular weight is 268 g/mol. The maximum Gasteiger partial charge on any atom is 0.337 e. The molecular weight excluding hydrogens is 253 g/mol. The Morgan fingerprint density at radius 2 is 2.18 bits per heavy atom. The molecule has 1 heterocycles. The lowest BCUT2D eigenvalue weighted by Gasteiger charge is -2.40. The van der Waals surface area contributed by atoms with Crippen LogP contribution in [0, 0.1) is 0 Å². The van der Waals surface area contributed by atoms with E-state index in [2.05, 4.69) is 0 Å². The molecule has 0 radical (unpaired) electrons. The van der Waals surface area contributed by atoms with E-state index in [0.717, 1.165) is 0 Å². The van der Waals surface area contributed by atoms with Crippen molar-refractivity contribution >= 4 is 14.5 Å². The number of aliphatic hydroxyl groups is 1. The van der Waals surface area contributed by atoms with Crippen molar-refractivity contribution in [3.63, 3.8) is 0 Å². The maximum absolute atomic E-state index is 13.4. The van der Waals surface area contributed by atoms with Gasteiger partial charge < -0.3 is 14.6 Å². The van der Waals surface area contributed by atoms with Crippen molar-refractivity contribution in [1.29, 1.82) is 0 Å². The zero-order valence-electron chi connectivity index (χ0n) is 9.49. The molecule has 2 fully saturated rings. The molecule has 2 unspecified atom stereocenters. The Kier molecular flexibility index (Phi) is 3.40. The highest BCUT2D eigenvalue weighted by molar-refractivity contribution is 7.48. The molecule has 1 N–H and O–H groups in total. The number of carbonyl (C=O) groups is 1. The highest BCUT2D eigenvalue weighted by atomic mass is 31.2. The Morgan fingerprint density at radius 3 is 2.65 bits per heavy atom. The normalized spacial score (nSPS) is 36.5. The van der Waals surface area contributed by atoms with Gasteiger partial charge in [0, 0.05) is 0 Å². The molecule has 7 heteroatoms. The van der Waals surface area contributed by atoms with E-state index in [0.29, 0.717) is 12.8 Å². The first-order valence-electron chi connectivity index (χ1n) is 5.58. The van der Waals surface area contributed by atoms with Crippen molar-refractivity contribution in [2.24, 2.45) is 0 Å². The molecule has 0 aromatic heterocycles. The number of hydrogen-bond donors (Lipinski definition) is 1. The van der Waals surface area contributed by atoms with Gasteiger partial charge in [0.2, 0.25) is 0 Å². The number of rotatable bonds is 2. The van der Waals surface area contributed by atoms with Crippen molar-refractivity contribution in [1.82, 2.24) is 0 Å². The van der Waals surface area contributed by atoms with E-state index < -0.39 is 31.4 Å². The van der Waals surface area contributed by atoms with Crippen LogP contribution in [0.1, 0.15) is 26.2 Å². The Bertz CT molecular complexity index is 321. The highest BCUT2D eigenvalue weighted by Crippen LogP contribution is 2.67. The standard InChI is InChI=1S/C10H15F2O4P/c1-2-10(17(11)12)6-15-8(14)7(13)5-16-9(10)3-4-9/h7,13H,2-6H2,1H3. The molecule has 0 aromatic carbocycles. The van der Waals surface area contributed by atoms with Gasteiger partial charge in [0.15, 0.2) is 6.10 Å². The minimum absolute atomic E-state index is 0.203. The second-order valence-corrected chi connectivity index (χ2v) is 5.87. The number of esters is 1. The third kappa shape index (κ3) is 1.96. The molecule has 4 nitrogen and oxygen atoms in total. The van der Waals surface area contributed by atoms with Gasteiger partial charge in [-0.2, -0.15) is 8.39 Å². The van der Waals surface area contributed by atoms with E-state index >= 15 is 0 Å². The number of halogens is 2. The molecular formula is C10H15F2O4P. The van der Waals surface area contributed by atoms with E-state index in [9.17, 15) is 18.3 Å². The molecule has 1 aliphatic carbocycles. The van der Waals surface area contributed by atoms with E-state index in [-0.39, 0.29) is 19.6 Å². The van der Waals surface area contributed by atoms with Gasteiger partial charge in [-0.3, -0.25) is 0 Å². The highest BCUT2D eigenvalue weighted by Gasteiger charge is 2.66. The molecule has 0 bridgehead atoms. The topological polar surface area (TPSA) is 55.8 Å². The molecule has 2 atom stereocenters. The van der Waals surface area contributed by atoms with Crippen LogP contribution in [0.5, 0.6) is 0 Å². The number of cyclic esters (lactones) is 1. The zero-order valence-corrected chi connectivity index (χ0v) is 10.4. The maximum atomic E-state index is 13.4. The van der Waals surface area contributed by atoms with Crippen molar-refractivity contribution in [2.75, 3.05) is 13.2 Å². The lowest BCUT2D eigenvalue weighted by molar-refractivity contribution is -0.169. The molecule has 1 aliphatic heterocycles. The lowest BCUT2D eigenvalue weighted by Crippen LogP contribution is -2.51. The SMILES string of the molecule is CCC1(P(F)F)COC(=O)C(O)COC12CC2. The summed E-state index contributed by atoms with van der Waals surface area (Å²) in [5, 5.41) is 7.97. The fraction of sp³-hybridized carbons (Fsp3) is 0.900. The Hall–Kier alpha value is -0.320. The summed E-state index contributed by atoms with van der Waals surface area (Å²) in [6.45, 7) is 1.03. The van der Waals surface area contributed by atoms with Gasteiger partial charge in [0.25, 0.3) is 8.54 Å². The molecule has 17 heavy (non-hydrogen) atoms. The van der Waals surface area contributed by atoms with Crippen LogP contribution in [-0.4, -0.2) is 41.2 Å². The molecule has 2 rings (SSSR count). The van der Waals surface area contributed by atoms with Crippen molar-refractivity contribution in [2.45, 2.75) is 43.0 Å².